The van der Waals surface area contributed by atoms with E-state index in [1.165, 1.54) is 0 Å². The molecular formula is C12H21NO6S. The lowest BCUT2D eigenvalue weighted by Gasteiger charge is -2.13. The molecule has 0 heterocycles. The molecule has 0 aliphatic carbocycles. The van der Waals surface area contributed by atoms with E-state index in [0.29, 0.717) is 0 Å². The maximum absolute atomic E-state index is 11.4. The fourth-order valence-electron chi connectivity index (χ4n) is 0.890. The molecule has 0 radical (unpaired) electrons. The average molecular weight is 307 g/mol. The van der Waals surface area contributed by atoms with Crippen LogP contribution in [0.1, 0.15) is 27.7 Å². The summed E-state index contributed by atoms with van der Waals surface area (Å²) >= 11 is 0.722. The summed E-state index contributed by atoms with van der Waals surface area (Å²) in [5.41, 5.74) is 5.54. The van der Waals surface area contributed by atoms with Crippen LogP contribution in [0.5, 0.6) is 0 Å². The third kappa shape index (κ3) is 8.76. The third-order valence-corrected chi connectivity index (χ3v) is 2.76. The SMILES string of the molecule is CC(C)OC(=O)[C@@H](N)CSC(=O)OCOC(=O)C(C)C. The minimum absolute atomic E-state index is 0.0303. The summed E-state index contributed by atoms with van der Waals surface area (Å²) < 4.78 is 14.2. The van der Waals surface area contributed by atoms with Gasteiger partial charge in [0.2, 0.25) is 6.79 Å². The normalized spacial score (nSPS) is 12.2. The number of esters is 2. The van der Waals surface area contributed by atoms with E-state index in [4.69, 9.17) is 10.5 Å². The number of hydrogen-bond donors (Lipinski definition) is 1. The Hall–Kier alpha value is -1.28. The molecule has 0 saturated heterocycles. The average Bonchev–Trinajstić information content (AvgIpc) is 2.34. The highest BCUT2D eigenvalue weighted by atomic mass is 32.2. The lowest BCUT2D eigenvalue weighted by atomic mass is 10.2. The lowest BCUT2D eigenvalue weighted by molar-refractivity contribution is -0.155. The highest BCUT2D eigenvalue weighted by Crippen LogP contribution is 2.08. The Kier molecular flexibility index (Phi) is 8.98. The second-order valence-corrected chi connectivity index (χ2v) is 5.49. The highest BCUT2D eigenvalue weighted by Gasteiger charge is 2.19. The molecule has 0 amide bonds. The first-order valence-electron chi connectivity index (χ1n) is 6.16. The molecule has 1 atom stereocenters. The van der Waals surface area contributed by atoms with Crippen molar-refractivity contribution in [3.05, 3.63) is 0 Å². The Balaban J connectivity index is 3.82. The second-order valence-electron chi connectivity index (χ2n) is 4.53. The van der Waals surface area contributed by atoms with Crippen LogP contribution >= 0.6 is 11.8 Å². The molecule has 0 aliphatic rings. The highest BCUT2D eigenvalue weighted by molar-refractivity contribution is 8.13. The van der Waals surface area contributed by atoms with Crippen LogP contribution < -0.4 is 5.73 Å². The van der Waals surface area contributed by atoms with Crippen molar-refractivity contribution < 1.29 is 28.6 Å². The third-order valence-electron chi connectivity index (χ3n) is 1.88. The van der Waals surface area contributed by atoms with E-state index in [2.05, 4.69) is 9.47 Å². The van der Waals surface area contributed by atoms with E-state index >= 15 is 0 Å². The molecule has 0 rings (SSSR count). The van der Waals surface area contributed by atoms with Crippen LogP contribution in [0.4, 0.5) is 4.79 Å². The van der Waals surface area contributed by atoms with Crippen molar-refractivity contribution in [2.45, 2.75) is 39.8 Å². The zero-order valence-corrected chi connectivity index (χ0v) is 12.9. The fourth-order valence-corrected chi connectivity index (χ4v) is 1.47. The molecule has 0 aromatic carbocycles. The van der Waals surface area contributed by atoms with E-state index in [0.717, 1.165) is 11.8 Å². The summed E-state index contributed by atoms with van der Waals surface area (Å²) in [5, 5.41) is -0.672. The Labute approximate surface area is 122 Å². The van der Waals surface area contributed by atoms with E-state index < -0.39 is 30.1 Å². The van der Waals surface area contributed by atoms with Gasteiger partial charge in [-0.05, 0) is 25.6 Å². The van der Waals surface area contributed by atoms with Crippen molar-refractivity contribution in [3.8, 4) is 0 Å². The van der Waals surface area contributed by atoms with Gasteiger partial charge in [-0.3, -0.25) is 9.59 Å². The number of rotatable bonds is 7. The van der Waals surface area contributed by atoms with Gasteiger partial charge in [-0.2, -0.15) is 0 Å². The van der Waals surface area contributed by atoms with Gasteiger partial charge < -0.3 is 19.9 Å². The van der Waals surface area contributed by atoms with Crippen molar-refractivity contribution >= 4 is 29.0 Å². The van der Waals surface area contributed by atoms with E-state index in [1.54, 1.807) is 27.7 Å². The molecule has 0 saturated carbocycles. The molecule has 0 aromatic heterocycles. The molecule has 0 unspecified atom stereocenters. The van der Waals surface area contributed by atoms with Gasteiger partial charge in [0, 0.05) is 5.75 Å². The molecule has 20 heavy (non-hydrogen) atoms. The standard InChI is InChI=1S/C12H21NO6S/c1-7(2)10(14)17-6-18-12(16)20-5-9(13)11(15)19-8(3)4/h7-9H,5-6,13H2,1-4H3/t9-/m0/s1. The van der Waals surface area contributed by atoms with Crippen molar-refractivity contribution in [1.82, 2.24) is 0 Å². The van der Waals surface area contributed by atoms with Crippen LogP contribution in [-0.2, 0) is 23.8 Å². The van der Waals surface area contributed by atoms with E-state index in [9.17, 15) is 14.4 Å². The minimum Gasteiger partial charge on any atom is -0.462 e. The van der Waals surface area contributed by atoms with E-state index in [1.807, 2.05) is 0 Å². The first kappa shape index (κ1) is 18.7. The van der Waals surface area contributed by atoms with Crippen molar-refractivity contribution in [3.63, 3.8) is 0 Å². The summed E-state index contributed by atoms with van der Waals surface area (Å²) in [6, 6.07) is -0.909. The van der Waals surface area contributed by atoms with Crippen LogP contribution in [0.25, 0.3) is 0 Å². The van der Waals surface area contributed by atoms with E-state index in [-0.39, 0.29) is 17.8 Å². The second kappa shape index (κ2) is 9.60. The van der Waals surface area contributed by atoms with Crippen LogP contribution in [-0.4, -0.2) is 41.9 Å². The molecule has 0 aliphatic heterocycles. The van der Waals surface area contributed by atoms with Gasteiger partial charge in [-0.1, -0.05) is 13.8 Å². The molecule has 0 spiro atoms. The van der Waals surface area contributed by atoms with Gasteiger partial charge in [-0.15, -0.1) is 0 Å². The predicted octanol–water partition coefficient (Wildman–Crippen LogP) is 1.29. The minimum atomic E-state index is -0.909. The molecule has 0 fully saturated rings. The molecule has 0 bridgehead atoms. The van der Waals surface area contributed by atoms with Crippen molar-refractivity contribution in [2.75, 3.05) is 12.5 Å². The first-order chi connectivity index (χ1) is 9.23. The number of carbonyl (C=O) groups is 3. The number of ether oxygens (including phenoxy) is 3. The first-order valence-corrected chi connectivity index (χ1v) is 7.14. The smallest absolute Gasteiger partial charge is 0.370 e. The Morgan fingerprint density at radius 1 is 1.05 bits per heavy atom. The van der Waals surface area contributed by atoms with Gasteiger partial charge in [0.15, 0.2) is 0 Å². The Bertz CT molecular complexity index is 345. The fraction of sp³-hybridized carbons (Fsp3) is 0.750. The van der Waals surface area contributed by atoms with Gasteiger partial charge in [0.1, 0.15) is 6.04 Å². The quantitative estimate of drug-likeness (QED) is 0.554. The molecule has 7 nitrogen and oxygen atoms in total. The molecule has 8 heteroatoms. The maximum Gasteiger partial charge on any atom is 0.370 e. The number of nitrogens with two attached hydrogens (primary N) is 1. The summed E-state index contributed by atoms with van der Waals surface area (Å²) in [5.74, 6) is -1.30. The van der Waals surface area contributed by atoms with Crippen molar-refractivity contribution in [1.29, 1.82) is 0 Å². The Morgan fingerprint density at radius 2 is 1.65 bits per heavy atom. The maximum atomic E-state index is 11.4. The molecule has 0 aromatic rings. The van der Waals surface area contributed by atoms with Crippen molar-refractivity contribution in [2.24, 2.45) is 11.7 Å². The zero-order chi connectivity index (χ0) is 15.7. The molecular weight excluding hydrogens is 286 g/mol. The molecule has 116 valence electrons. The monoisotopic (exact) mass is 307 g/mol. The molecule has 2 N–H and O–H groups in total. The van der Waals surface area contributed by atoms with Crippen LogP contribution in [0.3, 0.4) is 0 Å². The predicted molar refractivity (Wildman–Crippen MR) is 73.9 cm³/mol. The van der Waals surface area contributed by atoms with Gasteiger partial charge in [0.25, 0.3) is 0 Å². The van der Waals surface area contributed by atoms with Gasteiger partial charge in [-0.25, -0.2) is 4.79 Å². The van der Waals surface area contributed by atoms with Crippen LogP contribution in [0.2, 0.25) is 0 Å². The van der Waals surface area contributed by atoms with Crippen LogP contribution in [0.15, 0.2) is 0 Å². The number of hydrogen-bond acceptors (Lipinski definition) is 8. The zero-order valence-electron chi connectivity index (χ0n) is 12.1. The lowest BCUT2D eigenvalue weighted by Crippen LogP contribution is -2.36. The van der Waals surface area contributed by atoms with Gasteiger partial charge in [0.05, 0.1) is 12.0 Å². The largest absolute Gasteiger partial charge is 0.462 e. The summed E-state index contributed by atoms with van der Waals surface area (Å²) in [7, 11) is 0. The summed E-state index contributed by atoms with van der Waals surface area (Å²) in [4.78, 5) is 33.7. The number of thioether (sulfide) groups is 1. The van der Waals surface area contributed by atoms with Crippen LogP contribution in [0, 0.1) is 5.92 Å². The van der Waals surface area contributed by atoms with Gasteiger partial charge >= 0.3 is 17.2 Å². The topological polar surface area (TPSA) is 105 Å². The Morgan fingerprint density at radius 3 is 2.15 bits per heavy atom. The number of carbonyl (C=O) groups excluding carboxylic acids is 3. The summed E-state index contributed by atoms with van der Waals surface area (Å²) in [6.07, 6.45) is -0.263. The summed E-state index contributed by atoms with van der Waals surface area (Å²) in [6.45, 7) is 6.29.